The fraction of sp³-hybridized carbons (Fsp3) is 0.982. The van der Waals surface area contributed by atoms with Crippen molar-refractivity contribution >= 4 is 5.78 Å². The molecule has 1 spiro atoms. The number of carbonyl (C=O) groups is 1. The molecular weight excluding hydrogens is 1110 g/mol. The number of Topliss-reactive ketones (excluding diaryl/α,β-unsaturated/α-hetero) is 1. The summed E-state index contributed by atoms with van der Waals surface area (Å²) >= 11 is 0. The highest BCUT2D eigenvalue weighted by Crippen LogP contribution is 2.70. The zero-order chi connectivity index (χ0) is 59.5. The summed E-state index contributed by atoms with van der Waals surface area (Å²) < 4.78 is 72.7. The molecule has 4 aliphatic carbocycles. The first-order chi connectivity index (χ1) is 39.4. The van der Waals surface area contributed by atoms with Crippen molar-refractivity contribution in [1.29, 1.82) is 0 Å². The first kappa shape index (κ1) is 63.2. The first-order valence-electron chi connectivity index (χ1n) is 29.7. The fourth-order valence-electron chi connectivity index (χ4n) is 16.8. The number of carbonyl (C=O) groups excluding carboxylic acids is 1. The molecule has 0 amide bonds. The van der Waals surface area contributed by atoms with Gasteiger partial charge in [-0.25, -0.2) is 0 Å². The molecule has 0 unspecified atom stereocenters. The van der Waals surface area contributed by atoms with Crippen molar-refractivity contribution < 1.29 is 138 Å². The van der Waals surface area contributed by atoms with Gasteiger partial charge in [0.1, 0.15) is 116 Å². The van der Waals surface area contributed by atoms with Gasteiger partial charge in [0, 0.05) is 30.1 Å². The van der Waals surface area contributed by atoms with E-state index in [4.69, 9.17) is 56.8 Å². The minimum absolute atomic E-state index is 0.00429. The normalized spacial score (nSPS) is 57.4. The molecule has 36 atom stereocenters. The number of rotatable bonds is 13. The van der Waals surface area contributed by atoms with E-state index in [1.807, 2.05) is 0 Å². The SMILES string of the molecule is C[C@@H]1CC[C@@]2(OC1)O[C@H]1C[C@H]3[C@@H]4CC[C@H]5C[C@@H](O[C@@H]6O[C@H](CO)[C@H](O[C@@H]7O[C@H](CO)[C@@H](O)[C@H](O[C@@H]8OC[C@@H](O)[C@H](O)[C@H]8O)[C@H]7O)[C@H](O)[C@H]6O[C@@H]6O[C@H](CO)[C@@H](O)[C@H](O[C@@H]7OC[C@@H](O)[C@H](O)[C@H]7O)[C@H]6O)[C@H](O)C[C@]5(C)[C@H]4CC(=O)[C@]3(C)[C@H]1[C@@H]2C. The Kier molecular flexibility index (Phi) is 18.6. The summed E-state index contributed by atoms with van der Waals surface area (Å²) in [6, 6.07) is 0. The highest BCUT2D eigenvalue weighted by atomic mass is 16.8. The Bertz CT molecular complexity index is 2210. The quantitative estimate of drug-likeness (QED) is 0.0765. The highest BCUT2D eigenvalue weighted by Gasteiger charge is 2.72. The summed E-state index contributed by atoms with van der Waals surface area (Å²) in [6.07, 6.45) is -39.3. The molecule has 11 aliphatic rings. The maximum Gasteiger partial charge on any atom is 0.187 e. The zero-order valence-electron chi connectivity index (χ0n) is 47.0. The van der Waals surface area contributed by atoms with Crippen LogP contribution in [0.4, 0.5) is 0 Å². The smallest absolute Gasteiger partial charge is 0.187 e. The van der Waals surface area contributed by atoms with Crippen molar-refractivity contribution in [3.05, 3.63) is 0 Å². The van der Waals surface area contributed by atoms with Gasteiger partial charge in [-0.3, -0.25) is 4.79 Å². The van der Waals surface area contributed by atoms with Gasteiger partial charge in [0.05, 0.1) is 58.0 Å². The summed E-state index contributed by atoms with van der Waals surface area (Å²) in [6.45, 7) is 5.43. The van der Waals surface area contributed by atoms with Crippen LogP contribution in [0.15, 0.2) is 0 Å². The predicted molar refractivity (Wildman–Crippen MR) is 271 cm³/mol. The van der Waals surface area contributed by atoms with Crippen molar-refractivity contribution in [3.8, 4) is 0 Å². The van der Waals surface area contributed by atoms with Crippen molar-refractivity contribution in [2.75, 3.05) is 39.6 Å². The molecule has 0 bridgehead atoms. The number of fused-ring (bicyclic) bond motifs is 7. The Labute approximate surface area is 479 Å². The molecule has 28 heteroatoms. The molecule has 7 heterocycles. The summed E-state index contributed by atoms with van der Waals surface area (Å²) in [5.41, 5.74) is -1.15. The van der Waals surface area contributed by atoms with Crippen LogP contribution < -0.4 is 0 Å². The number of hydrogen-bond donors (Lipinski definition) is 15. The third kappa shape index (κ3) is 10.9. The molecule has 0 aromatic carbocycles. The maximum atomic E-state index is 14.9. The van der Waals surface area contributed by atoms with E-state index in [-0.39, 0.29) is 60.2 Å². The van der Waals surface area contributed by atoms with Crippen molar-refractivity contribution in [3.63, 3.8) is 0 Å². The Morgan fingerprint density at radius 1 is 0.530 bits per heavy atom. The largest absolute Gasteiger partial charge is 0.394 e. The molecule has 0 aromatic rings. The summed E-state index contributed by atoms with van der Waals surface area (Å²) in [5.74, 6) is 0.0183. The van der Waals surface area contributed by atoms with E-state index in [1.54, 1.807) is 0 Å². The lowest BCUT2D eigenvalue weighted by atomic mass is 9.43. The Morgan fingerprint density at radius 2 is 1.07 bits per heavy atom. The highest BCUT2D eigenvalue weighted by molar-refractivity contribution is 5.87. The molecule has 7 saturated heterocycles. The lowest BCUT2D eigenvalue weighted by Crippen LogP contribution is -2.68. The van der Waals surface area contributed by atoms with Gasteiger partial charge in [0.15, 0.2) is 37.2 Å². The van der Waals surface area contributed by atoms with E-state index >= 15 is 0 Å². The molecule has 0 radical (unpaired) electrons. The molecule has 476 valence electrons. The van der Waals surface area contributed by atoms with Gasteiger partial charge in [0.2, 0.25) is 0 Å². The zero-order valence-corrected chi connectivity index (χ0v) is 47.0. The average molecular weight is 1200 g/mol. The predicted octanol–water partition coefficient (Wildman–Crippen LogP) is -5.66. The van der Waals surface area contributed by atoms with Gasteiger partial charge in [0.25, 0.3) is 0 Å². The number of aliphatic hydroxyl groups excluding tert-OH is 15. The molecule has 83 heavy (non-hydrogen) atoms. The van der Waals surface area contributed by atoms with Gasteiger partial charge >= 0.3 is 0 Å². The fourth-order valence-corrected chi connectivity index (χ4v) is 16.8. The van der Waals surface area contributed by atoms with Crippen LogP contribution in [0.1, 0.15) is 79.1 Å². The van der Waals surface area contributed by atoms with Crippen molar-refractivity contribution in [1.82, 2.24) is 0 Å². The second kappa shape index (κ2) is 24.4. The third-order valence-electron chi connectivity index (χ3n) is 21.6. The average Bonchev–Trinajstić information content (AvgIpc) is 1.63. The molecule has 7 aliphatic heterocycles. The molecule has 0 aromatic heterocycles. The standard InChI is InChI=1S/C55H88O28/c1-19-7-8-55(74-16-19)20(2)34-29(83-55)10-24-22-6-5-21-9-28(25(59)12-53(21,3)23(22)11-33(62)54(24,34)4)75-52-47(82-51-43(71)46(38(66)31(14-57)77-51)81-49-40(68)36(64)27(61)18-73-49)41(69)44(32(15-58)78-52)79-50-42(70)45(37(65)30(13-56)76-50)80-48-39(67)35(63)26(60)17-72-48/h19-32,34-52,56-61,63-71H,5-18H2,1-4H3/t19-,20+,21+,22-,23+,24+,25-,26-,27-,28-,29+,30-,31-,32-,34+,35+,36+,37-,38-,39-,40-,41+,42-,43-,44+,45+,46+,47-,48+,49+,50+,51+,52-,53+,54-,55-/m1/s1. The monoisotopic (exact) mass is 1200 g/mol. The Morgan fingerprint density at radius 3 is 1.61 bits per heavy atom. The van der Waals surface area contributed by atoms with Gasteiger partial charge in [-0.1, -0.05) is 27.7 Å². The third-order valence-corrected chi connectivity index (χ3v) is 21.6. The minimum atomic E-state index is -2.09. The first-order valence-corrected chi connectivity index (χ1v) is 29.7. The van der Waals surface area contributed by atoms with Crippen LogP contribution in [0.2, 0.25) is 0 Å². The molecule has 4 saturated carbocycles. The van der Waals surface area contributed by atoms with E-state index in [1.165, 1.54) is 0 Å². The summed E-state index contributed by atoms with van der Waals surface area (Å²) in [4.78, 5) is 14.9. The van der Waals surface area contributed by atoms with Crippen LogP contribution in [0.3, 0.4) is 0 Å². The summed E-state index contributed by atoms with van der Waals surface area (Å²) in [5, 5.41) is 165. The molecular formula is C55H88O28. The van der Waals surface area contributed by atoms with E-state index in [0.29, 0.717) is 18.9 Å². The van der Waals surface area contributed by atoms with Crippen LogP contribution in [0, 0.1) is 52.3 Å². The molecule has 11 rings (SSSR count). The second-order valence-corrected chi connectivity index (χ2v) is 26.3. The Hall–Kier alpha value is -1.41. The number of aliphatic hydroxyl groups is 15. The van der Waals surface area contributed by atoms with Crippen LogP contribution >= 0.6 is 0 Å². The van der Waals surface area contributed by atoms with Gasteiger partial charge in [-0.2, -0.15) is 0 Å². The molecule has 28 nitrogen and oxygen atoms in total. The van der Waals surface area contributed by atoms with E-state index in [9.17, 15) is 81.4 Å². The molecule has 11 fully saturated rings. The van der Waals surface area contributed by atoms with E-state index < -0.39 is 203 Å². The maximum absolute atomic E-state index is 14.9. The van der Waals surface area contributed by atoms with Crippen molar-refractivity contribution in [2.24, 2.45) is 52.3 Å². The number of hydrogen-bond acceptors (Lipinski definition) is 28. The minimum Gasteiger partial charge on any atom is -0.394 e. The van der Waals surface area contributed by atoms with E-state index in [2.05, 4.69) is 27.7 Å². The van der Waals surface area contributed by atoms with Crippen LogP contribution in [0.5, 0.6) is 0 Å². The molecule has 15 N–H and O–H groups in total. The van der Waals surface area contributed by atoms with Gasteiger partial charge < -0.3 is 133 Å². The number of ketones is 1. The van der Waals surface area contributed by atoms with Crippen LogP contribution in [0.25, 0.3) is 0 Å². The topological polar surface area (TPSA) is 431 Å². The Balaban J connectivity index is 0.842. The van der Waals surface area contributed by atoms with Gasteiger partial charge in [-0.05, 0) is 73.5 Å². The summed E-state index contributed by atoms with van der Waals surface area (Å²) in [7, 11) is 0. The van der Waals surface area contributed by atoms with E-state index in [0.717, 1.165) is 32.1 Å². The van der Waals surface area contributed by atoms with Crippen LogP contribution in [-0.4, -0.2) is 287 Å². The van der Waals surface area contributed by atoms with Gasteiger partial charge in [-0.15, -0.1) is 0 Å². The number of ether oxygens (including phenoxy) is 12. The second-order valence-electron chi connectivity index (χ2n) is 26.3. The van der Waals surface area contributed by atoms with Crippen LogP contribution in [-0.2, 0) is 61.6 Å². The lowest BCUT2D eigenvalue weighted by Gasteiger charge is -2.61. The lowest BCUT2D eigenvalue weighted by molar-refractivity contribution is -0.403. The van der Waals surface area contributed by atoms with Crippen molar-refractivity contribution in [2.45, 2.75) is 244 Å².